The molecule has 184 valence electrons. The Morgan fingerprint density at radius 2 is 1.83 bits per heavy atom. The molecule has 8 nitrogen and oxygen atoms in total. The van der Waals surface area contributed by atoms with Gasteiger partial charge >= 0.3 is 0 Å². The van der Waals surface area contributed by atoms with Crippen molar-refractivity contribution in [2.75, 3.05) is 20.8 Å². The summed E-state index contributed by atoms with van der Waals surface area (Å²) in [6.07, 6.45) is 1.05. The molecule has 0 bridgehead atoms. The predicted molar refractivity (Wildman–Crippen MR) is 131 cm³/mol. The van der Waals surface area contributed by atoms with Crippen LogP contribution >= 0.6 is 11.6 Å². The summed E-state index contributed by atoms with van der Waals surface area (Å²) in [6.45, 7) is -0.667. The van der Waals surface area contributed by atoms with Gasteiger partial charge in [-0.2, -0.15) is 9.41 Å². The smallest absolute Gasteiger partial charge is 0.255 e. The summed E-state index contributed by atoms with van der Waals surface area (Å²) in [5.41, 5.74) is 2.87. The third-order valence-electron chi connectivity index (χ3n) is 4.89. The second-order valence-electron chi connectivity index (χ2n) is 7.20. The Balaban J connectivity index is 1.89. The van der Waals surface area contributed by atoms with Gasteiger partial charge in [0.25, 0.3) is 5.91 Å². The average molecular weight is 520 g/mol. The molecule has 3 aromatic rings. The first-order valence-corrected chi connectivity index (χ1v) is 12.1. The maximum atomic E-state index is 13.9. The summed E-state index contributed by atoms with van der Waals surface area (Å²) in [4.78, 5) is 12.5. The molecule has 0 aliphatic carbocycles. The van der Waals surface area contributed by atoms with Gasteiger partial charge in [0.15, 0.2) is 0 Å². The lowest BCUT2D eigenvalue weighted by Crippen LogP contribution is -2.39. The van der Waals surface area contributed by atoms with Gasteiger partial charge in [0.1, 0.15) is 22.2 Å². The van der Waals surface area contributed by atoms with E-state index in [1.807, 2.05) is 0 Å². The van der Waals surface area contributed by atoms with E-state index in [1.165, 1.54) is 44.6 Å². The van der Waals surface area contributed by atoms with Gasteiger partial charge in [-0.05, 0) is 29.8 Å². The fraction of sp³-hybridized carbons (Fsp3) is 0.167. The van der Waals surface area contributed by atoms with Crippen LogP contribution < -0.4 is 14.9 Å². The lowest BCUT2D eigenvalue weighted by atomic mass is 10.2. The number of nitrogens with one attached hydrogen (secondary N) is 1. The highest BCUT2D eigenvalue weighted by atomic mass is 35.5. The molecule has 3 rings (SSSR count). The SMILES string of the molecule is COc1ccc(OC)c(S(=O)(=O)N(CC(=O)N/N=C/c2c(F)cccc2Cl)Cc2ccccc2)c1. The normalized spacial score (nSPS) is 11.6. The predicted octanol–water partition coefficient (Wildman–Crippen LogP) is 3.84. The quantitative estimate of drug-likeness (QED) is 0.324. The van der Waals surface area contributed by atoms with Gasteiger partial charge < -0.3 is 9.47 Å². The van der Waals surface area contributed by atoms with Crippen LogP contribution in [0.25, 0.3) is 0 Å². The second-order valence-corrected chi connectivity index (χ2v) is 9.52. The van der Waals surface area contributed by atoms with Gasteiger partial charge in [-0.25, -0.2) is 18.2 Å². The monoisotopic (exact) mass is 519 g/mol. The molecule has 0 heterocycles. The van der Waals surface area contributed by atoms with Crippen molar-refractivity contribution in [2.24, 2.45) is 5.10 Å². The highest BCUT2D eigenvalue weighted by Crippen LogP contribution is 2.31. The van der Waals surface area contributed by atoms with Crippen LogP contribution in [0.5, 0.6) is 11.5 Å². The number of hydrogen-bond acceptors (Lipinski definition) is 6. The molecule has 0 spiro atoms. The van der Waals surface area contributed by atoms with Crippen molar-refractivity contribution in [3.63, 3.8) is 0 Å². The zero-order chi connectivity index (χ0) is 25.4. The van der Waals surface area contributed by atoms with E-state index in [0.29, 0.717) is 11.3 Å². The van der Waals surface area contributed by atoms with Crippen LogP contribution in [0.1, 0.15) is 11.1 Å². The van der Waals surface area contributed by atoms with Crippen LogP contribution in [0.15, 0.2) is 76.7 Å². The Morgan fingerprint density at radius 3 is 2.49 bits per heavy atom. The number of halogens is 2. The van der Waals surface area contributed by atoms with Crippen molar-refractivity contribution >= 4 is 33.7 Å². The standard InChI is InChI=1S/C24H23ClFN3O5S/c1-33-18-11-12-22(34-2)23(13-18)35(31,32)29(15-17-7-4-3-5-8-17)16-24(30)28-27-14-19-20(25)9-6-10-21(19)26/h3-14H,15-16H2,1-2H3,(H,28,30)/b27-14+. The van der Waals surface area contributed by atoms with Crippen LogP contribution in [-0.4, -0.2) is 45.6 Å². The summed E-state index contributed by atoms with van der Waals surface area (Å²) in [5.74, 6) is -0.958. The number of benzene rings is 3. The molecule has 0 fully saturated rings. The number of carbonyl (C=O) groups is 1. The summed E-state index contributed by atoms with van der Waals surface area (Å²) in [7, 11) is -1.47. The average Bonchev–Trinajstić information content (AvgIpc) is 2.85. The first-order valence-electron chi connectivity index (χ1n) is 10.3. The van der Waals surface area contributed by atoms with E-state index in [9.17, 15) is 17.6 Å². The molecular weight excluding hydrogens is 497 g/mol. The van der Waals surface area contributed by atoms with E-state index in [0.717, 1.165) is 10.5 Å². The summed E-state index contributed by atoms with van der Waals surface area (Å²) >= 11 is 5.95. The molecule has 0 atom stereocenters. The Hall–Kier alpha value is -3.47. The molecule has 1 amide bonds. The minimum Gasteiger partial charge on any atom is -0.497 e. The molecule has 0 aliphatic heterocycles. The maximum Gasteiger partial charge on any atom is 0.255 e. The van der Waals surface area contributed by atoms with Crippen LogP contribution in [0.2, 0.25) is 5.02 Å². The molecule has 11 heteroatoms. The van der Waals surface area contributed by atoms with Crippen LogP contribution in [-0.2, 0) is 21.4 Å². The third-order valence-corrected chi connectivity index (χ3v) is 7.04. The number of amides is 1. The highest BCUT2D eigenvalue weighted by molar-refractivity contribution is 7.89. The number of hydrogen-bond donors (Lipinski definition) is 1. The Bertz CT molecular complexity index is 1300. The topological polar surface area (TPSA) is 97.3 Å². The summed E-state index contributed by atoms with van der Waals surface area (Å²) in [5, 5.41) is 3.84. The van der Waals surface area contributed by atoms with Gasteiger partial charge in [-0.3, -0.25) is 4.79 Å². The van der Waals surface area contributed by atoms with E-state index < -0.39 is 28.3 Å². The van der Waals surface area contributed by atoms with Crippen molar-refractivity contribution in [3.8, 4) is 11.5 Å². The zero-order valence-corrected chi connectivity index (χ0v) is 20.5. The fourth-order valence-corrected chi connectivity index (χ4v) is 4.90. The molecular formula is C24H23ClFN3O5S. The Labute approximate surface area is 208 Å². The van der Waals surface area contributed by atoms with Crippen molar-refractivity contribution in [2.45, 2.75) is 11.4 Å². The van der Waals surface area contributed by atoms with E-state index in [4.69, 9.17) is 21.1 Å². The first-order chi connectivity index (χ1) is 16.8. The van der Waals surface area contributed by atoms with E-state index in [1.54, 1.807) is 36.4 Å². The van der Waals surface area contributed by atoms with E-state index >= 15 is 0 Å². The number of methoxy groups -OCH3 is 2. The number of ether oxygens (including phenoxy) is 2. The minimum absolute atomic E-state index is 0.00986. The van der Waals surface area contributed by atoms with Gasteiger partial charge in [0, 0.05) is 18.2 Å². The number of sulfonamides is 1. The molecule has 0 aliphatic rings. The zero-order valence-electron chi connectivity index (χ0n) is 18.9. The Morgan fingerprint density at radius 1 is 1.09 bits per heavy atom. The van der Waals surface area contributed by atoms with Crippen molar-refractivity contribution in [3.05, 3.63) is 88.7 Å². The molecule has 3 aromatic carbocycles. The molecule has 0 aromatic heterocycles. The number of hydrazone groups is 1. The fourth-order valence-electron chi connectivity index (χ4n) is 3.14. The van der Waals surface area contributed by atoms with Crippen LogP contribution in [0.3, 0.4) is 0 Å². The highest BCUT2D eigenvalue weighted by Gasteiger charge is 2.30. The molecule has 0 saturated carbocycles. The largest absolute Gasteiger partial charge is 0.497 e. The molecule has 0 saturated heterocycles. The molecule has 1 N–H and O–H groups in total. The summed E-state index contributed by atoms with van der Waals surface area (Å²) in [6, 6.07) is 17.3. The number of nitrogens with zero attached hydrogens (tertiary/aromatic N) is 2. The Kier molecular flexibility index (Phi) is 8.80. The molecule has 35 heavy (non-hydrogen) atoms. The first kappa shape index (κ1) is 26.1. The van der Waals surface area contributed by atoms with Crippen LogP contribution in [0.4, 0.5) is 4.39 Å². The molecule has 0 radical (unpaired) electrons. The molecule has 0 unspecified atom stereocenters. The third kappa shape index (κ3) is 6.56. The van der Waals surface area contributed by atoms with Crippen molar-refractivity contribution in [1.82, 2.24) is 9.73 Å². The lowest BCUT2D eigenvalue weighted by Gasteiger charge is -2.23. The van der Waals surface area contributed by atoms with Gasteiger partial charge in [0.2, 0.25) is 10.0 Å². The number of rotatable bonds is 10. The van der Waals surface area contributed by atoms with Crippen molar-refractivity contribution in [1.29, 1.82) is 0 Å². The number of carbonyl (C=O) groups excluding carboxylic acids is 1. The van der Waals surface area contributed by atoms with Crippen LogP contribution in [0, 0.1) is 5.82 Å². The van der Waals surface area contributed by atoms with E-state index in [2.05, 4.69) is 10.5 Å². The van der Waals surface area contributed by atoms with Crippen molar-refractivity contribution < 1.29 is 27.1 Å². The van der Waals surface area contributed by atoms with Gasteiger partial charge in [0.05, 0.1) is 32.0 Å². The van der Waals surface area contributed by atoms with Gasteiger partial charge in [-0.1, -0.05) is 48.0 Å². The van der Waals surface area contributed by atoms with Gasteiger partial charge in [-0.15, -0.1) is 0 Å². The minimum atomic E-state index is -4.23. The maximum absolute atomic E-state index is 13.9. The summed E-state index contributed by atoms with van der Waals surface area (Å²) < 4.78 is 52.5. The van der Waals surface area contributed by atoms with E-state index in [-0.39, 0.29) is 27.8 Å². The second kappa shape index (κ2) is 11.8. The lowest BCUT2D eigenvalue weighted by molar-refractivity contribution is -0.121.